The summed E-state index contributed by atoms with van der Waals surface area (Å²) in [7, 11) is 4.75. The zero-order valence-corrected chi connectivity index (χ0v) is 20.5. The number of likely N-dealkylation sites (N-methyl/N-ethyl adjacent to an activating group) is 1. The molecular weight excluding hydrogens is 472 g/mol. The number of nitrogens with one attached hydrogen (secondary N) is 2. The number of amides is 4. The SMILES string of the molecule is COc1ccc(CCNC(=O)CN2CC3=C(C2=O)C(c2ccccc2Cl)NC(=O)N3C)cc1OC. The molecule has 2 aliphatic rings. The molecule has 0 fully saturated rings. The molecule has 1 unspecified atom stereocenters. The number of urea groups is 1. The Morgan fingerprint density at radius 1 is 1.14 bits per heavy atom. The molecule has 2 heterocycles. The predicted molar refractivity (Wildman–Crippen MR) is 130 cm³/mol. The first-order valence-electron chi connectivity index (χ1n) is 11.1. The molecule has 184 valence electrons. The number of nitrogens with zero attached hydrogens (tertiary/aromatic N) is 2. The van der Waals surface area contributed by atoms with E-state index in [2.05, 4.69) is 10.6 Å². The highest BCUT2D eigenvalue weighted by molar-refractivity contribution is 6.31. The van der Waals surface area contributed by atoms with Gasteiger partial charge in [0.25, 0.3) is 5.91 Å². The van der Waals surface area contributed by atoms with Crippen LogP contribution in [0.3, 0.4) is 0 Å². The third-order valence-electron chi connectivity index (χ3n) is 6.17. The van der Waals surface area contributed by atoms with Gasteiger partial charge in [-0.05, 0) is 35.7 Å². The van der Waals surface area contributed by atoms with Crippen molar-refractivity contribution >= 4 is 29.4 Å². The standard InChI is InChI=1S/C25H27ClN4O5/c1-29-18-13-30(14-21(31)27-11-10-15-8-9-19(34-2)20(12-15)35-3)24(32)22(18)23(28-25(29)33)16-6-4-5-7-17(16)26/h4-9,12,23H,10-11,13-14H2,1-3H3,(H,27,31)(H,28,33). The molecular formula is C25H27ClN4O5. The summed E-state index contributed by atoms with van der Waals surface area (Å²) in [5.41, 5.74) is 2.61. The van der Waals surface area contributed by atoms with Gasteiger partial charge in [-0.15, -0.1) is 0 Å². The largest absolute Gasteiger partial charge is 0.493 e. The summed E-state index contributed by atoms with van der Waals surface area (Å²) >= 11 is 6.35. The third kappa shape index (κ3) is 4.90. The Hall–Kier alpha value is -3.72. The fourth-order valence-electron chi connectivity index (χ4n) is 4.31. The van der Waals surface area contributed by atoms with E-state index in [1.165, 1.54) is 9.80 Å². The van der Waals surface area contributed by atoms with Crippen molar-refractivity contribution in [3.05, 3.63) is 69.9 Å². The molecule has 9 nitrogen and oxygen atoms in total. The van der Waals surface area contributed by atoms with Crippen molar-refractivity contribution in [2.75, 3.05) is 40.9 Å². The van der Waals surface area contributed by atoms with Crippen LogP contribution in [0.15, 0.2) is 53.7 Å². The van der Waals surface area contributed by atoms with Crippen molar-refractivity contribution in [2.45, 2.75) is 12.5 Å². The van der Waals surface area contributed by atoms with Gasteiger partial charge in [-0.3, -0.25) is 14.5 Å². The number of benzene rings is 2. The smallest absolute Gasteiger partial charge is 0.322 e. The maximum Gasteiger partial charge on any atom is 0.322 e. The number of halogens is 1. The Morgan fingerprint density at radius 2 is 1.89 bits per heavy atom. The highest BCUT2D eigenvalue weighted by Crippen LogP contribution is 2.37. The zero-order chi connectivity index (χ0) is 25.1. The molecule has 2 aromatic carbocycles. The second-order valence-electron chi connectivity index (χ2n) is 8.27. The lowest BCUT2D eigenvalue weighted by Crippen LogP contribution is -2.45. The highest BCUT2D eigenvalue weighted by Gasteiger charge is 2.43. The van der Waals surface area contributed by atoms with Crippen molar-refractivity contribution < 1.29 is 23.9 Å². The first-order valence-corrected chi connectivity index (χ1v) is 11.5. The number of methoxy groups -OCH3 is 2. The van der Waals surface area contributed by atoms with E-state index in [1.54, 1.807) is 45.5 Å². The van der Waals surface area contributed by atoms with Crippen LogP contribution in [0, 0.1) is 0 Å². The molecule has 0 aliphatic carbocycles. The molecule has 0 saturated carbocycles. The fraction of sp³-hybridized carbons (Fsp3) is 0.320. The van der Waals surface area contributed by atoms with Gasteiger partial charge < -0.3 is 25.0 Å². The van der Waals surface area contributed by atoms with E-state index in [0.717, 1.165) is 5.56 Å². The summed E-state index contributed by atoms with van der Waals surface area (Å²) < 4.78 is 10.6. The van der Waals surface area contributed by atoms with Crippen molar-refractivity contribution in [1.29, 1.82) is 0 Å². The van der Waals surface area contributed by atoms with E-state index < -0.39 is 6.04 Å². The number of hydrogen-bond donors (Lipinski definition) is 2. The second kappa shape index (κ2) is 10.3. The Balaban J connectivity index is 1.40. The van der Waals surface area contributed by atoms with Crippen molar-refractivity contribution in [3.63, 3.8) is 0 Å². The Labute approximate surface area is 208 Å². The van der Waals surface area contributed by atoms with Crippen LogP contribution in [0.4, 0.5) is 4.79 Å². The molecule has 0 radical (unpaired) electrons. The zero-order valence-electron chi connectivity index (χ0n) is 19.8. The Morgan fingerprint density at radius 3 is 2.60 bits per heavy atom. The molecule has 0 bridgehead atoms. The molecule has 35 heavy (non-hydrogen) atoms. The Kier molecular flexibility index (Phi) is 7.16. The number of hydrogen-bond acceptors (Lipinski definition) is 5. The summed E-state index contributed by atoms with van der Waals surface area (Å²) in [5.74, 6) is 0.676. The topological polar surface area (TPSA) is 100 Å². The van der Waals surface area contributed by atoms with E-state index in [-0.39, 0.29) is 30.9 Å². The van der Waals surface area contributed by atoms with Crippen LogP contribution in [0.2, 0.25) is 5.02 Å². The first-order chi connectivity index (χ1) is 16.8. The minimum atomic E-state index is -0.673. The average Bonchev–Trinajstić information content (AvgIpc) is 3.17. The number of carbonyl (C=O) groups excluding carboxylic acids is 3. The molecule has 0 saturated heterocycles. The predicted octanol–water partition coefficient (Wildman–Crippen LogP) is 2.51. The van der Waals surface area contributed by atoms with Crippen LogP contribution in [-0.2, 0) is 16.0 Å². The average molecular weight is 499 g/mol. The molecule has 0 aromatic heterocycles. The van der Waals surface area contributed by atoms with Gasteiger partial charge in [0, 0.05) is 18.6 Å². The van der Waals surface area contributed by atoms with Gasteiger partial charge in [-0.2, -0.15) is 0 Å². The van der Waals surface area contributed by atoms with Crippen LogP contribution >= 0.6 is 11.6 Å². The van der Waals surface area contributed by atoms with Gasteiger partial charge in [-0.25, -0.2) is 4.79 Å². The molecule has 10 heteroatoms. The lowest BCUT2D eigenvalue weighted by Gasteiger charge is -2.31. The van der Waals surface area contributed by atoms with Crippen molar-refractivity contribution in [2.24, 2.45) is 0 Å². The third-order valence-corrected chi connectivity index (χ3v) is 6.51. The minimum Gasteiger partial charge on any atom is -0.493 e. The fourth-order valence-corrected chi connectivity index (χ4v) is 4.55. The van der Waals surface area contributed by atoms with Crippen molar-refractivity contribution in [1.82, 2.24) is 20.4 Å². The van der Waals surface area contributed by atoms with Crippen molar-refractivity contribution in [3.8, 4) is 11.5 Å². The van der Waals surface area contributed by atoms with Crippen LogP contribution in [0.1, 0.15) is 17.2 Å². The van der Waals surface area contributed by atoms with E-state index in [4.69, 9.17) is 21.1 Å². The maximum atomic E-state index is 13.3. The lowest BCUT2D eigenvalue weighted by atomic mass is 9.96. The summed E-state index contributed by atoms with van der Waals surface area (Å²) in [6.07, 6.45) is 0.588. The second-order valence-corrected chi connectivity index (χ2v) is 8.68. The van der Waals surface area contributed by atoms with E-state index in [9.17, 15) is 14.4 Å². The molecule has 1 atom stereocenters. The Bertz CT molecular complexity index is 1200. The normalized spacial score (nSPS) is 17.3. The highest BCUT2D eigenvalue weighted by atomic mass is 35.5. The summed E-state index contributed by atoms with van der Waals surface area (Å²) in [6.45, 7) is 0.447. The van der Waals surface area contributed by atoms with Gasteiger partial charge in [0.15, 0.2) is 11.5 Å². The molecule has 2 N–H and O–H groups in total. The van der Waals surface area contributed by atoms with Gasteiger partial charge in [-0.1, -0.05) is 35.9 Å². The molecule has 4 amide bonds. The van der Waals surface area contributed by atoms with Crippen LogP contribution in [0.5, 0.6) is 11.5 Å². The van der Waals surface area contributed by atoms with E-state index in [0.29, 0.717) is 46.3 Å². The molecule has 4 rings (SSSR count). The van der Waals surface area contributed by atoms with Crippen LogP contribution < -0.4 is 20.1 Å². The molecule has 0 spiro atoms. The molecule has 2 aromatic rings. The van der Waals surface area contributed by atoms with Gasteiger partial charge in [0.2, 0.25) is 5.91 Å². The summed E-state index contributed by atoms with van der Waals surface area (Å²) in [6, 6.07) is 11.7. The lowest BCUT2D eigenvalue weighted by molar-refractivity contribution is -0.131. The number of rotatable bonds is 8. The summed E-state index contributed by atoms with van der Waals surface area (Å²) in [4.78, 5) is 41.3. The van der Waals surface area contributed by atoms with Gasteiger partial charge >= 0.3 is 6.03 Å². The minimum absolute atomic E-state index is 0.116. The monoisotopic (exact) mass is 498 g/mol. The quantitative estimate of drug-likeness (QED) is 0.582. The number of carbonyl (C=O) groups is 3. The maximum absolute atomic E-state index is 13.3. The van der Waals surface area contributed by atoms with E-state index in [1.807, 2.05) is 18.2 Å². The summed E-state index contributed by atoms with van der Waals surface area (Å²) in [5, 5.41) is 6.16. The molecule has 2 aliphatic heterocycles. The van der Waals surface area contributed by atoms with E-state index >= 15 is 0 Å². The van der Waals surface area contributed by atoms with Gasteiger partial charge in [0.1, 0.15) is 6.54 Å². The van der Waals surface area contributed by atoms with Gasteiger partial charge in [0.05, 0.1) is 38.1 Å². The van der Waals surface area contributed by atoms with Crippen LogP contribution in [-0.4, -0.2) is 68.5 Å². The number of ether oxygens (including phenoxy) is 2. The van der Waals surface area contributed by atoms with Crippen LogP contribution in [0.25, 0.3) is 0 Å². The first kappa shape index (κ1) is 24.4.